The highest BCUT2D eigenvalue weighted by Crippen LogP contribution is 2.37. The number of halogens is 6. The number of fused-ring (bicyclic) bond motifs is 1. The van der Waals surface area contributed by atoms with Gasteiger partial charge in [0.05, 0.1) is 16.6 Å². The molecule has 0 spiro atoms. The number of hydrogen-bond donors (Lipinski definition) is 0. The third kappa shape index (κ3) is 7.80. The van der Waals surface area contributed by atoms with Crippen LogP contribution in [0, 0.1) is 12.8 Å². The number of hydrogen-bond acceptors (Lipinski definition) is 5. The number of aromatic nitrogens is 2. The Labute approximate surface area is 247 Å². The van der Waals surface area contributed by atoms with Crippen molar-refractivity contribution < 1.29 is 30.9 Å². The molecule has 0 radical (unpaired) electrons. The lowest BCUT2D eigenvalue weighted by Gasteiger charge is -2.34. The lowest BCUT2D eigenvalue weighted by Crippen LogP contribution is -2.34. The summed E-state index contributed by atoms with van der Waals surface area (Å²) in [6.45, 7) is 9.10. The summed E-state index contributed by atoms with van der Waals surface area (Å²) >= 11 is 0. The molecule has 5 rings (SSSR count). The third-order valence-electron chi connectivity index (χ3n) is 7.49. The lowest BCUT2D eigenvalue weighted by molar-refractivity contribution is -0.143. The second-order valence-corrected chi connectivity index (χ2v) is 10.6. The van der Waals surface area contributed by atoms with Gasteiger partial charge in [0.2, 0.25) is 0 Å². The maximum Gasteiger partial charge on any atom is 0.416 e. The van der Waals surface area contributed by atoms with Gasteiger partial charge in [0.1, 0.15) is 11.6 Å². The zero-order valence-electron chi connectivity index (χ0n) is 24.7. The fourth-order valence-electron chi connectivity index (χ4n) is 5.15. The maximum atomic E-state index is 13.6. The smallest absolute Gasteiger partial charge is 0.360 e. The highest BCUT2D eigenvalue weighted by atomic mass is 19.4. The first-order chi connectivity index (χ1) is 20.4. The minimum atomic E-state index is -4.94. The fourth-order valence-corrected chi connectivity index (χ4v) is 5.15. The van der Waals surface area contributed by atoms with Crippen molar-refractivity contribution in [3.05, 3.63) is 82.6 Å². The molecule has 43 heavy (non-hydrogen) atoms. The number of rotatable bonds is 9. The predicted molar refractivity (Wildman–Crippen MR) is 156 cm³/mol. The van der Waals surface area contributed by atoms with Gasteiger partial charge in [-0.25, -0.2) is 4.98 Å². The number of pyridine rings is 1. The van der Waals surface area contributed by atoms with E-state index in [2.05, 4.69) is 10.1 Å². The van der Waals surface area contributed by atoms with Crippen molar-refractivity contribution in [1.29, 1.82) is 0 Å². The summed E-state index contributed by atoms with van der Waals surface area (Å²) in [4.78, 5) is 8.79. The molecular formula is C32H36F6N4O. The summed E-state index contributed by atoms with van der Waals surface area (Å²) in [5.41, 5.74) is -1.28. The summed E-state index contributed by atoms with van der Waals surface area (Å²) in [6, 6.07) is 12.9. The van der Waals surface area contributed by atoms with Crippen LogP contribution in [0.4, 0.5) is 38.0 Å². The van der Waals surface area contributed by atoms with E-state index >= 15 is 0 Å². The molecule has 1 aliphatic carbocycles. The summed E-state index contributed by atoms with van der Waals surface area (Å²) < 4.78 is 86.8. The molecule has 0 aliphatic heterocycles. The van der Waals surface area contributed by atoms with Crippen LogP contribution in [0.25, 0.3) is 10.9 Å². The van der Waals surface area contributed by atoms with E-state index < -0.39 is 23.5 Å². The van der Waals surface area contributed by atoms with Crippen molar-refractivity contribution in [2.24, 2.45) is 5.92 Å². The van der Waals surface area contributed by atoms with Crippen molar-refractivity contribution >= 4 is 22.5 Å². The van der Waals surface area contributed by atoms with Crippen LogP contribution in [-0.2, 0) is 25.4 Å². The number of para-hydroxylation sites is 1. The highest BCUT2D eigenvalue weighted by molar-refractivity contribution is 5.82. The molecule has 1 aliphatic rings. The van der Waals surface area contributed by atoms with Crippen LogP contribution < -0.4 is 9.80 Å². The zero-order valence-corrected chi connectivity index (χ0v) is 24.7. The molecule has 1 saturated carbocycles. The molecule has 2 aromatic carbocycles. The standard InChI is InChI=1S/C30H30F6N4O.C2H6/c1-3-39(16-20-7-6-8-20)28-23(14-22-9-4-5-10-26(22)37-28)18-40(27-11-19(2)41-38-27)17-21-12-24(29(31,32)33)15-25(13-21)30(34,35)36;1-2/h4-5,9-15,20H,3,6-8,16-18H2,1-2H3;1-2H3. The van der Waals surface area contributed by atoms with Crippen LogP contribution in [0.15, 0.2) is 59.1 Å². The molecule has 0 bridgehead atoms. The van der Waals surface area contributed by atoms with Crippen LogP contribution in [0.3, 0.4) is 0 Å². The first-order valence-corrected chi connectivity index (χ1v) is 14.5. The lowest BCUT2D eigenvalue weighted by atomic mass is 9.85. The van der Waals surface area contributed by atoms with Crippen LogP contribution in [0.2, 0.25) is 0 Å². The number of aryl methyl sites for hydroxylation is 1. The Morgan fingerprint density at radius 2 is 1.51 bits per heavy atom. The Morgan fingerprint density at radius 1 is 0.860 bits per heavy atom. The molecule has 4 aromatic rings. The molecule has 1 fully saturated rings. The molecule has 0 saturated heterocycles. The van der Waals surface area contributed by atoms with Gasteiger partial charge in [0.15, 0.2) is 5.82 Å². The highest BCUT2D eigenvalue weighted by Gasteiger charge is 2.37. The second-order valence-electron chi connectivity index (χ2n) is 10.6. The summed E-state index contributed by atoms with van der Waals surface area (Å²) in [5, 5.41) is 4.93. The monoisotopic (exact) mass is 606 g/mol. The fraction of sp³-hybridized carbons (Fsp3) is 0.438. The molecule has 11 heteroatoms. The van der Waals surface area contributed by atoms with Crippen LogP contribution in [0.1, 0.15) is 68.0 Å². The van der Waals surface area contributed by atoms with Gasteiger partial charge in [0, 0.05) is 43.2 Å². The first kappa shape index (κ1) is 32.2. The van der Waals surface area contributed by atoms with Crippen molar-refractivity contribution in [3.8, 4) is 0 Å². The normalized spacial score (nSPS) is 13.8. The van der Waals surface area contributed by atoms with Gasteiger partial charge in [-0.05, 0) is 68.5 Å². The molecule has 0 unspecified atom stereocenters. The summed E-state index contributed by atoms with van der Waals surface area (Å²) in [5.74, 6) is 2.05. The number of nitrogens with zero attached hydrogens (tertiary/aromatic N) is 4. The number of benzene rings is 2. The molecule has 0 amide bonds. The number of alkyl halides is 6. The molecule has 0 N–H and O–H groups in total. The quantitative estimate of drug-likeness (QED) is 0.178. The topological polar surface area (TPSA) is 45.4 Å². The molecule has 2 aromatic heterocycles. The van der Waals surface area contributed by atoms with Crippen LogP contribution >= 0.6 is 0 Å². The van der Waals surface area contributed by atoms with E-state index in [0.29, 0.717) is 24.0 Å². The van der Waals surface area contributed by atoms with E-state index in [1.54, 1.807) is 17.9 Å². The van der Waals surface area contributed by atoms with Gasteiger partial charge in [-0.15, -0.1) is 0 Å². The van der Waals surface area contributed by atoms with Crippen LogP contribution in [0.5, 0.6) is 0 Å². The van der Waals surface area contributed by atoms with Crippen molar-refractivity contribution in [2.75, 3.05) is 22.9 Å². The van der Waals surface area contributed by atoms with Crippen molar-refractivity contribution in [3.63, 3.8) is 0 Å². The minimum Gasteiger partial charge on any atom is -0.360 e. The Balaban J connectivity index is 0.00000207. The summed E-state index contributed by atoms with van der Waals surface area (Å²) in [7, 11) is 0. The minimum absolute atomic E-state index is 0.137. The molecule has 2 heterocycles. The molecular weight excluding hydrogens is 570 g/mol. The van der Waals surface area contributed by atoms with E-state index in [0.717, 1.165) is 53.8 Å². The molecule has 0 atom stereocenters. The zero-order chi connectivity index (χ0) is 31.4. The molecule has 232 valence electrons. The average Bonchev–Trinajstić information content (AvgIpc) is 3.38. The Morgan fingerprint density at radius 3 is 2.05 bits per heavy atom. The third-order valence-corrected chi connectivity index (χ3v) is 7.49. The van der Waals surface area contributed by atoms with Gasteiger partial charge < -0.3 is 14.3 Å². The van der Waals surface area contributed by atoms with Crippen LogP contribution in [-0.4, -0.2) is 23.2 Å². The van der Waals surface area contributed by atoms with Gasteiger partial charge in [-0.1, -0.05) is 43.6 Å². The molecule has 5 nitrogen and oxygen atoms in total. The predicted octanol–water partition coefficient (Wildman–Crippen LogP) is 9.43. The van der Waals surface area contributed by atoms with Crippen molar-refractivity contribution in [2.45, 2.75) is 72.4 Å². The second kappa shape index (κ2) is 13.3. The van der Waals surface area contributed by atoms with E-state index in [-0.39, 0.29) is 24.7 Å². The number of anilines is 2. The van der Waals surface area contributed by atoms with E-state index in [4.69, 9.17) is 9.51 Å². The Hall–Kier alpha value is -3.76. The SMILES string of the molecule is CC.CCN(CC1CCC1)c1nc2ccccc2cc1CN(Cc1cc(C(F)(F)F)cc(C(F)(F)F)c1)c1cc(C)on1. The largest absolute Gasteiger partial charge is 0.416 e. The van der Waals surface area contributed by atoms with Gasteiger partial charge in [-0.2, -0.15) is 26.3 Å². The average molecular weight is 607 g/mol. The Bertz CT molecular complexity index is 1480. The summed E-state index contributed by atoms with van der Waals surface area (Å²) in [6.07, 6.45) is -6.41. The van der Waals surface area contributed by atoms with Gasteiger partial charge in [-0.3, -0.25) is 0 Å². The van der Waals surface area contributed by atoms with Gasteiger partial charge in [0.25, 0.3) is 0 Å². The van der Waals surface area contributed by atoms with Gasteiger partial charge >= 0.3 is 12.4 Å². The van der Waals surface area contributed by atoms with E-state index in [1.807, 2.05) is 51.1 Å². The first-order valence-electron chi connectivity index (χ1n) is 14.5. The maximum absolute atomic E-state index is 13.6. The van der Waals surface area contributed by atoms with E-state index in [9.17, 15) is 26.3 Å². The van der Waals surface area contributed by atoms with Crippen molar-refractivity contribution in [1.82, 2.24) is 10.1 Å². The van der Waals surface area contributed by atoms with E-state index in [1.165, 1.54) is 6.42 Å². The Kier molecular flexibility index (Phi) is 9.92.